The average Bonchev–Trinajstić information content (AvgIpc) is 2.82. The maximum atomic E-state index is 4.28. The van der Waals surface area contributed by atoms with Crippen LogP contribution in [-0.4, -0.2) is 11.5 Å². The molecule has 1 aromatic heterocycles. The third kappa shape index (κ3) is 3.38. The highest BCUT2D eigenvalue weighted by Gasteiger charge is 2.06. The van der Waals surface area contributed by atoms with Crippen molar-refractivity contribution in [3.63, 3.8) is 0 Å². The maximum absolute atomic E-state index is 4.28. The molecule has 0 saturated carbocycles. The molecule has 0 spiro atoms. The van der Waals surface area contributed by atoms with E-state index in [4.69, 9.17) is 0 Å². The lowest BCUT2D eigenvalue weighted by Crippen LogP contribution is -2.21. The van der Waals surface area contributed by atoms with Gasteiger partial charge in [-0.05, 0) is 25.0 Å². The average molecular weight is 246 g/mol. The first-order valence-electron chi connectivity index (χ1n) is 5.94. The van der Waals surface area contributed by atoms with Crippen molar-refractivity contribution in [2.75, 3.05) is 6.54 Å². The van der Waals surface area contributed by atoms with Gasteiger partial charge in [0.25, 0.3) is 0 Å². The molecule has 1 unspecified atom stereocenters. The summed E-state index contributed by atoms with van der Waals surface area (Å²) >= 11 is 1.72. The van der Waals surface area contributed by atoms with Gasteiger partial charge in [0, 0.05) is 30.6 Å². The van der Waals surface area contributed by atoms with Gasteiger partial charge in [-0.1, -0.05) is 24.3 Å². The lowest BCUT2D eigenvalue weighted by atomic mass is 10.0. The summed E-state index contributed by atoms with van der Waals surface area (Å²) in [6.07, 6.45) is 2.87. The molecule has 1 aromatic carbocycles. The molecule has 2 rings (SSSR count). The van der Waals surface area contributed by atoms with Gasteiger partial charge in [0.15, 0.2) is 0 Å². The molecule has 0 saturated heterocycles. The second kappa shape index (κ2) is 5.94. The van der Waals surface area contributed by atoms with Gasteiger partial charge >= 0.3 is 0 Å². The van der Waals surface area contributed by atoms with Crippen molar-refractivity contribution in [1.82, 2.24) is 10.3 Å². The van der Waals surface area contributed by atoms with Crippen LogP contribution in [0.2, 0.25) is 0 Å². The molecule has 0 aliphatic heterocycles. The molecule has 0 aliphatic rings. The molecule has 0 fully saturated rings. The van der Waals surface area contributed by atoms with Gasteiger partial charge in [0.2, 0.25) is 0 Å². The number of rotatable bonds is 5. The summed E-state index contributed by atoms with van der Waals surface area (Å²) < 4.78 is 0. The number of aryl methyl sites for hydroxylation is 1. The van der Waals surface area contributed by atoms with E-state index in [2.05, 4.69) is 48.4 Å². The molecular weight excluding hydrogens is 228 g/mol. The Morgan fingerprint density at radius 1 is 1.35 bits per heavy atom. The zero-order valence-corrected chi connectivity index (χ0v) is 11.1. The Labute approximate surface area is 107 Å². The van der Waals surface area contributed by atoms with E-state index in [1.54, 1.807) is 11.3 Å². The number of nitrogens with zero attached hydrogens (tertiary/aromatic N) is 1. The van der Waals surface area contributed by atoms with E-state index >= 15 is 0 Å². The molecule has 17 heavy (non-hydrogen) atoms. The van der Waals surface area contributed by atoms with Crippen LogP contribution in [0.1, 0.15) is 29.1 Å². The first-order chi connectivity index (χ1) is 8.27. The third-order valence-electron chi connectivity index (χ3n) is 2.93. The van der Waals surface area contributed by atoms with Crippen LogP contribution >= 0.6 is 11.3 Å². The number of thiazole rings is 1. The minimum atomic E-state index is 0.399. The summed E-state index contributed by atoms with van der Waals surface area (Å²) in [5.74, 6) is 0. The van der Waals surface area contributed by atoms with Gasteiger partial charge in [-0.25, -0.2) is 4.98 Å². The molecule has 1 N–H and O–H groups in total. The van der Waals surface area contributed by atoms with Gasteiger partial charge in [-0.15, -0.1) is 11.3 Å². The van der Waals surface area contributed by atoms with E-state index in [1.807, 2.05) is 11.6 Å². The molecule has 0 aliphatic carbocycles. The van der Waals surface area contributed by atoms with Crippen molar-refractivity contribution in [3.8, 4) is 0 Å². The second-order valence-electron chi connectivity index (χ2n) is 4.21. The lowest BCUT2D eigenvalue weighted by Gasteiger charge is -2.16. The summed E-state index contributed by atoms with van der Waals surface area (Å²) in [5.41, 5.74) is 2.73. The van der Waals surface area contributed by atoms with Crippen molar-refractivity contribution < 1.29 is 0 Å². The van der Waals surface area contributed by atoms with Gasteiger partial charge in [0.05, 0.1) is 5.01 Å². The summed E-state index contributed by atoms with van der Waals surface area (Å²) in [7, 11) is 0. The first-order valence-corrected chi connectivity index (χ1v) is 6.82. The summed E-state index contributed by atoms with van der Waals surface area (Å²) in [6, 6.07) is 8.93. The number of benzene rings is 1. The van der Waals surface area contributed by atoms with Crippen molar-refractivity contribution in [1.29, 1.82) is 0 Å². The van der Waals surface area contributed by atoms with Crippen molar-refractivity contribution in [2.45, 2.75) is 26.3 Å². The van der Waals surface area contributed by atoms with Gasteiger partial charge in [-0.2, -0.15) is 0 Å². The topological polar surface area (TPSA) is 24.9 Å². The Morgan fingerprint density at radius 3 is 2.88 bits per heavy atom. The standard InChI is InChI=1S/C14H18N2S/c1-11-5-3-4-6-13(11)12(2)15-8-7-14-16-9-10-17-14/h3-6,9-10,12,15H,7-8H2,1-2H3. The highest BCUT2D eigenvalue weighted by Crippen LogP contribution is 2.16. The number of hydrogen-bond donors (Lipinski definition) is 1. The predicted molar refractivity (Wildman–Crippen MR) is 73.4 cm³/mol. The lowest BCUT2D eigenvalue weighted by molar-refractivity contribution is 0.574. The maximum Gasteiger partial charge on any atom is 0.0937 e. The molecule has 0 bridgehead atoms. The summed E-state index contributed by atoms with van der Waals surface area (Å²) in [5, 5.41) is 6.78. The Kier molecular flexibility index (Phi) is 4.29. The van der Waals surface area contributed by atoms with Crippen LogP contribution in [0.4, 0.5) is 0 Å². The highest BCUT2D eigenvalue weighted by atomic mass is 32.1. The fraction of sp³-hybridized carbons (Fsp3) is 0.357. The monoisotopic (exact) mass is 246 g/mol. The van der Waals surface area contributed by atoms with Crippen LogP contribution in [0.5, 0.6) is 0 Å². The minimum Gasteiger partial charge on any atom is -0.310 e. The van der Waals surface area contributed by atoms with E-state index in [0.29, 0.717) is 6.04 Å². The number of hydrogen-bond acceptors (Lipinski definition) is 3. The van der Waals surface area contributed by atoms with Gasteiger partial charge in [-0.3, -0.25) is 0 Å². The molecule has 2 nitrogen and oxygen atoms in total. The predicted octanol–water partition coefficient (Wildman–Crippen LogP) is 3.34. The zero-order valence-electron chi connectivity index (χ0n) is 10.3. The SMILES string of the molecule is Cc1ccccc1C(C)NCCc1nccs1. The van der Waals surface area contributed by atoms with E-state index in [9.17, 15) is 0 Å². The van der Waals surface area contributed by atoms with Gasteiger partial charge < -0.3 is 5.32 Å². The number of nitrogens with one attached hydrogen (secondary N) is 1. The quantitative estimate of drug-likeness (QED) is 0.875. The van der Waals surface area contributed by atoms with Crippen LogP contribution in [-0.2, 0) is 6.42 Å². The summed E-state index contributed by atoms with van der Waals surface area (Å²) in [4.78, 5) is 4.28. The van der Waals surface area contributed by atoms with Gasteiger partial charge in [0.1, 0.15) is 0 Å². The van der Waals surface area contributed by atoms with Crippen molar-refractivity contribution in [3.05, 3.63) is 52.0 Å². The molecule has 0 amide bonds. The Bertz CT molecular complexity index is 451. The van der Waals surface area contributed by atoms with E-state index in [-0.39, 0.29) is 0 Å². The highest BCUT2D eigenvalue weighted by molar-refractivity contribution is 7.09. The Hall–Kier alpha value is -1.19. The molecule has 3 heteroatoms. The van der Waals surface area contributed by atoms with Crippen LogP contribution in [0, 0.1) is 6.92 Å². The smallest absolute Gasteiger partial charge is 0.0937 e. The van der Waals surface area contributed by atoms with Crippen LogP contribution < -0.4 is 5.32 Å². The fourth-order valence-corrected chi connectivity index (χ4v) is 2.58. The van der Waals surface area contributed by atoms with Crippen LogP contribution in [0.25, 0.3) is 0 Å². The zero-order chi connectivity index (χ0) is 12.1. The summed E-state index contributed by atoms with van der Waals surface area (Å²) in [6.45, 7) is 5.35. The normalized spacial score (nSPS) is 12.6. The third-order valence-corrected chi connectivity index (χ3v) is 3.77. The molecule has 90 valence electrons. The second-order valence-corrected chi connectivity index (χ2v) is 5.19. The Balaban J connectivity index is 1.85. The largest absolute Gasteiger partial charge is 0.310 e. The van der Waals surface area contributed by atoms with E-state index in [0.717, 1.165) is 13.0 Å². The number of aromatic nitrogens is 1. The van der Waals surface area contributed by atoms with E-state index in [1.165, 1.54) is 16.1 Å². The van der Waals surface area contributed by atoms with Crippen molar-refractivity contribution in [2.24, 2.45) is 0 Å². The first kappa shape index (κ1) is 12.3. The molecule has 1 atom stereocenters. The molecule has 1 heterocycles. The van der Waals surface area contributed by atoms with Crippen molar-refractivity contribution >= 4 is 11.3 Å². The molecular formula is C14H18N2S. The van der Waals surface area contributed by atoms with Crippen LogP contribution in [0.3, 0.4) is 0 Å². The fourth-order valence-electron chi connectivity index (χ4n) is 1.95. The minimum absolute atomic E-state index is 0.399. The van der Waals surface area contributed by atoms with E-state index < -0.39 is 0 Å². The molecule has 0 radical (unpaired) electrons. The molecule has 2 aromatic rings. The Morgan fingerprint density at radius 2 is 2.18 bits per heavy atom. The van der Waals surface area contributed by atoms with Crippen LogP contribution in [0.15, 0.2) is 35.8 Å².